The smallest absolute Gasteiger partial charge is 0.251 e. The highest BCUT2D eigenvalue weighted by Gasteiger charge is 2.26. The van der Waals surface area contributed by atoms with Crippen LogP contribution in [0.2, 0.25) is 0 Å². The lowest BCUT2D eigenvalue weighted by molar-refractivity contribution is 0.0827. The van der Waals surface area contributed by atoms with Gasteiger partial charge >= 0.3 is 0 Å². The fourth-order valence-electron chi connectivity index (χ4n) is 2.34. The molecule has 1 aromatic carbocycles. The third-order valence-electron chi connectivity index (χ3n) is 3.45. The molecule has 4 heteroatoms. The quantitative estimate of drug-likeness (QED) is 0.799. The summed E-state index contributed by atoms with van der Waals surface area (Å²) in [6.07, 6.45) is 2.32. The van der Waals surface area contributed by atoms with Crippen molar-refractivity contribution in [2.45, 2.75) is 25.9 Å². The van der Waals surface area contributed by atoms with Gasteiger partial charge in [-0.2, -0.15) is 0 Å². The Bertz CT molecular complexity index is 403. The molecule has 1 fully saturated rings. The minimum absolute atomic E-state index is 0.0447. The lowest BCUT2D eigenvalue weighted by Gasteiger charge is -2.17. The van der Waals surface area contributed by atoms with Gasteiger partial charge in [0.2, 0.25) is 0 Å². The molecule has 0 spiro atoms. The van der Waals surface area contributed by atoms with E-state index >= 15 is 0 Å². The Hall–Kier alpha value is -1.55. The predicted octanol–water partition coefficient (Wildman–Crippen LogP) is 1.81. The number of hydrogen-bond acceptors (Lipinski definition) is 3. The number of carbonyl (C=O) groups is 1. The van der Waals surface area contributed by atoms with Crippen LogP contribution in [0.15, 0.2) is 24.3 Å². The van der Waals surface area contributed by atoms with Gasteiger partial charge in [0.1, 0.15) is 0 Å². The van der Waals surface area contributed by atoms with Gasteiger partial charge in [-0.3, -0.25) is 4.79 Å². The second-order valence-corrected chi connectivity index (χ2v) is 4.70. The third-order valence-corrected chi connectivity index (χ3v) is 3.45. The number of hydrogen-bond donors (Lipinski definition) is 2. The number of ether oxygens (including phenoxy) is 1. The van der Waals surface area contributed by atoms with Crippen LogP contribution in [0.3, 0.4) is 0 Å². The summed E-state index contributed by atoms with van der Waals surface area (Å²) in [6.45, 7) is 3.60. The van der Waals surface area contributed by atoms with Crippen molar-refractivity contribution in [2.75, 3.05) is 18.9 Å². The highest BCUT2D eigenvalue weighted by atomic mass is 16.5. The summed E-state index contributed by atoms with van der Waals surface area (Å²) in [5.41, 5.74) is 6.91. The molecule has 0 radical (unpaired) electrons. The minimum Gasteiger partial charge on any atom is -0.399 e. The summed E-state index contributed by atoms with van der Waals surface area (Å²) >= 11 is 0. The van der Waals surface area contributed by atoms with Crippen LogP contribution in [0.25, 0.3) is 0 Å². The van der Waals surface area contributed by atoms with E-state index in [9.17, 15) is 4.79 Å². The fraction of sp³-hybridized carbons (Fsp3) is 0.500. The van der Waals surface area contributed by atoms with Gasteiger partial charge in [0.25, 0.3) is 5.91 Å². The van der Waals surface area contributed by atoms with E-state index in [0.29, 0.717) is 23.7 Å². The summed E-state index contributed by atoms with van der Waals surface area (Å²) in [5.74, 6) is 0.393. The van der Waals surface area contributed by atoms with Gasteiger partial charge < -0.3 is 15.8 Å². The van der Waals surface area contributed by atoms with Gasteiger partial charge in [-0.25, -0.2) is 0 Å². The number of carbonyl (C=O) groups excluding carboxylic acids is 1. The molecule has 0 aliphatic carbocycles. The molecular weight excluding hydrogens is 228 g/mol. The van der Waals surface area contributed by atoms with E-state index in [0.717, 1.165) is 19.4 Å². The van der Waals surface area contributed by atoms with Crippen LogP contribution in [0.4, 0.5) is 5.69 Å². The summed E-state index contributed by atoms with van der Waals surface area (Å²) in [6, 6.07) is 6.96. The van der Waals surface area contributed by atoms with E-state index < -0.39 is 0 Å². The second kappa shape index (κ2) is 5.87. The standard InChI is InChI=1S/C14H20N2O2/c1-2-13-11(7-8-18-13)9-16-14(17)10-3-5-12(15)6-4-10/h3-6,11,13H,2,7-9,15H2,1H3,(H,16,17). The van der Waals surface area contributed by atoms with Crippen molar-refractivity contribution in [3.63, 3.8) is 0 Å². The van der Waals surface area contributed by atoms with Gasteiger partial charge in [0, 0.05) is 30.3 Å². The summed E-state index contributed by atoms with van der Waals surface area (Å²) in [4.78, 5) is 11.9. The highest BCUT2D eigenvalue weighted by molar-refractivity contribution is 5.94. The van der Waals surface area contributed by atoms with Crippen molar-refractivity contribution < 1.29 is 9.53 Å². The molecule has 1 aliphatic heterocycles. The molecule has 1 aromatic rings. The molecule has 18 heavy (non-hydrogen) atoms. The molecular formula is C14H20N2O2. The lowest BCUT2D eigenvalue weighted by atomic mass is 9.99. The lowest BCUT2D eigenvalue weighted by Crippen LogP contribution is -2.32. The van der Waals surface area contributed by atoms with E-state index in [1.54, 1.807) is 24.3 Å². The van der Waals surface area contributed by atoms with Gasteiger partial charge in [-0.05, 0) is 37.1 Å². The maximum Gasteiger partial charge on any atom is 0.251 e. The number of nitrogen functional groups attached to an aromatic ring is 1. The van der Waals surface area contributed by atoms with Gasteiger partial charge in [0.05, 0.1) is 6.10 Å². The first-order chi connectivity index (χ1) is 8.70. The van der Waals surface area contributed by atoms with Crippen molar-refractivity contribution in [2.24, 2.45) is 5.92 Å². The number of amides is 1. The first kappa shape index (κ1) is 12.9. The Balaban J connectivity index is 1.86. The fourth-order valence-corrected chi connectivity index (χ4v) is 2.34. The molecule has 2 atom stereocenters. The number of anilines is 1. The molecule has 4 nitrogen and oxygen atoms in total. The van der Waals surface area contributed by atoms with Gasteiger partial charge in [-0.1, -0.05) is 6.92 Å². The van der Waals surface area contributed by atoms with Crippen molar-refractivity contribution in [3.8, 4) is 0 Å². The molecule has 0 saturated carbocycles. The van der Waals surface area contributed by atoms with Crippen molar-refractivity contribution in [3.05, 3.63) is 29.8 Å². The maximum absolute atomic E-state index is 11.9. The van der Waals surface area contributed by atoms with E-state index in [2.05, 4.69) is 12.2 Å². The SMILES string of the molecule is CCC1OCCC1CNC(=O)c1ccc(N)cc1. The zero-order chi connectivity index (χ0) is 13.0. The maximum atomic E-state index is 11.9. The molecule has 3 N–H and O–H groups in total. The Labute approximate surface area is 108 Å². The number of benzene rings is 1. The first-order valence-electron chi connectivity index (χ1n) is 6.46. The van der Waals surface area contributed by atoms with Crippen molar-refractivity contribution in [1.29, 1.82) is 0 Å². The molecule has 2 unspecified atom stereocenters. The average Bonchev–Trinajstić information content (AvgIpc) is 2.84. The Kier molecular flexibility index (Phi) is 4.20. The van der Waals surface area contributed by atoms with Crippen molar-refractivity contribution in [1.82, 2.24) is 5.32 Å². The summed E-state index contributed by atoms with van der Waals surface area (Å²) in [7, 11) is 0. The van der Waals surface area contributed by atoms with E-state index in [-0.39, 0.29) is 12.0 Å². The monoisotopic (exact) mass is 248 g/mol. The third kappa shape index (κ3) is 3.01. The molecule has 2 rings (SSSR count). The summed E-state index contributed by atoms with van der Waals surface area (Å²) < 4.78 is 5.60. The first-order valence-corrected chi connectivity index (χ1v) is 6.46. The second-order valence-electron chi connectivity index (χ2n) is 4.70. The van der Waals surface area contributed by atoms with Crippen LogP contribution >= 0.6 is 0 Å². The highest BCUT2D eigenvalue weighted by Crippen LogP contribution is 2.22. The largest absolute Gasteiger partial charge is 0.399 e. The number of rotatable bonds is 4. The molecule has 1 amide bonds. The molecule has 0 aromatic heterocycles. The zero-order valence-electron chi connectivity index (χ0n) is 10.7. The normalized spacial score (nSPS) is 22.9. The van der Waals surface area contributed by atoms with Crippen LogP contribution < -0.4 is 11.1 Å². The molecule has 1 aliphatic rings. The van der Waals surface area contributed by atoms with Gasteiger partial charge in [-0.15, -0.1) is 0 Å². The Morgan fingerprint density at radius 2 is 2.17 bits per heavy atom. The van der Waals surface area contributed by atoms with E-state index in [4.69, 9.17) is 10.5 Å². The molecule has 1 saturated heterocycles. The number of nitrogens with two attached hydrogens (primary N) is 1. The Morgan fingerprint density at radius 3 is 2.83 bits per heavy atom. The summed E-state index contributed by atoms with van der Waals surface area (Å²) in [5, 5.41) is 2.96. The topological polar surface area (TPSA) is 64.3 Å². The molecule has 0 bridgehead atoms. The average molecular weight is 248 g/mol. The van der Waals surface area contributed by atoms with Crippen LogP contribution in [0.1, 0.15) is 30.1 Å². The van der Waals surface area contributed by atoms with Crippen molar-refractivity contribution >= 4 is 11.6 Å². The van der Waals surface area contributed by atoms with E-state index in [1.807, 2.05) is 0 Å². The van der Waals surface area contributed by atoms with Crippen LogP contribution in [0, 0.1) is 5.92 Å². The minimum atomic E-state index is -0.0447. The van der Waals surface area contributed by atoms with E-state index in [1.165, 1.54) is 0 Å². The Morgan fingerprint density at radius 1 is 1.44 bits per heavy atom. The van der Waals surface area contributed by atoms with Crippen LogP contribution in [-0.4, -0.2) is 25.2 Å². The van der Waals surface area contributed by atoms with Crippen LogP contribution in [-0.2, 0) is 4.74 Å². The molecule has 98 valence electrons. The number of nitrogens with one attached hydrogen (secondary N) is 1. The predicted molar refractivity (Wildman–Crippen MR) is 71.3 cm³/mol. The zero-order valence-corrected chi connectivity index (χ0v) is 10.7. The van der Waals surface area contributed by atoms with Gasteiger partial charge in [0.15, 0.2) is 0 Å². The molecule has 1 heterocycles. The van der Waals surface area contributed by atoms with Crippen LogP contribution in [0.5, 0.6) is 0 Å².